The van der Waals surface area contributed by atoms with Gasteiger partial charge in [-0.05, 0) is 46.5 Å². The minimum Gasteiger partial charge on any atom is -0.493 e. The maximum Gasteiger partial charge on any atom is 0.226 e. The lowest BCUT2D eigenvalue weighted by molar-refractivity contribution is -0.135. The molecule has 0 spiro atoms. The van der Waals surface area contributed by atoms with Gasteiger partial charge in [-0.15, -0.1) is 0 Å². The van der Waals surface area contributed by atoms with Crippen LogP contribution in [0.1, 0.15) is 18.1 Å². The zero-order valence-electron chi connectivity index (χ0n) is 15.0. The Morgan fingerprint density at radius 1 is 1.20 bits per heavy atom. The monoisotopic (exact) mass is 362 g/mol. The number of amides is 1. The van der Waals surface area contributed by atoms with Gasteiger partial charge in [0.05, 0.1) is 14.2 Å². The summed E-state index contributed by atoms with van der Waals surface area (Å²) in [6.07, 6.45) is 0.744. The molecule has 1 unspecified atom stereocenters. The summed E-state index contributed by atoms with van der Waals surface area (Å²) in [5.74, 6) is 1.32. The van der Waals surface area contributed by atoms with Crippen LogP contribution < -0.4 is 15.2 Å². The van der Waals surface area contributed by atoms with Gasteiger partial charge in [0.1, 0.15) is 0 Å². The number of hydrogen-bond acceptors (Lipinski definition) is 5. The number of hydrogen-bond donors (Lipinski definition) is 1. The Balaban J connectivity index is 2.09. The van der Waals surface area contributed by atoms with E-state index in [0.29, 0.717) is 31.1 Å². The van der Waals surface area contributed by atoms with Crippen molar-refractivity contribution in [3.63, 3.8) is 0 Å². The number of thiophene rings is 1. The number of benzene rings is 1. The van der Waals surface area contributed by atoms with E-state index in [4.69, 9.17) is 15.2 Å². The van der Waals surface area contributed by atoms with Gasteiger partial charge in [0.2, 0.25) is 5.91 Å². The molecule has 0 radical (unpaired) electrons. The molecule has 1 atom stereocenters. The summed E-state index contributed by atoms with van der Waals surface area (Å²) in [4.78, 5) is 14.5. The molecule has 0 bridgehead atoms. The van der Waals surface area contributed by atoms with Gasteiger partial charge in [-0.1, -0.05) is 13.0 Å². The number of nitrogens with two attached hydrogens (primary N) is 1. The first-order valence-electron chi connectivity index (χ1n) is 8.29. The lowest BCUT2D eigenvalue weighted by atomic mass is 10.1. The van der Waals surface area contributed by atoms with Crippen molar-refractivity contribution in [1.82, 2.24) is 4.90 Å². The molecule has 2 N–H and O–H groups in total. The molecular weight excluding hydrogens is 336 g/mol. The molecular formula is C19H26N2O3S. The Bertz CT molecular complexity index is 673. The van der Waals surface area contributed by atoms with Crippen molar-refractivity contribution < 1.29 is 14.3 Å². The molecule has 0 aliphatic carbocycles. The van der Waals surface area contributed by atoms with E-state index >= 15 is 0 Å². The van der Waals surface area contributed by atoms with Gasteiger partial charge in [0, 0.05) is 25.6 Å². The number of carbonyl (C=O) groups excluding carboxylic acids is 1. The highest BCUT2D eigenvalue weighted by atomic mass is 32.1. The third kappa shape index (κ3) is 5.21. The minimum absolute atomic E-state index is 0.0918. The van der Waals surface area contributed by atoms with E-state index in [2.05, 4.69) is 11.4 Å². The van der Waals surface area contributed by atoms with E-state index < -0.39 is 0 Å². The third-order valence-electron chi connectivity index (χ3n) is 4.16. The molecule has 1 aromatic carbocycles. The molecule has 0 aliphatic rings. The Labute approximate surface area is 153 Å². The Morgan fingerprint density at radius 3 is 2.56 bits per heavy atom. The van der Waals surface area contributed by atoms with Gasteiger partial charge in [0.15, 0.2) is 11.5 Å². The van der Waals surface area contributed by atoms with Crippen molar-refractivity contribution in [2.75, 3.05) is 27.3 Å². The second-order valence-electron chi connectivity index (χ2n) is 5.97. The summed E-state index contributed by atoms with van der Waals surface area (Å²) in [6, 6.07) is 7.90. The Kier molecular flexibility index (Phi) is 7.28. The van der Waals surface area contributed by atoms with Crippen molar-refractivity contribution in [3.8, 4) is 11.5 Å². The molecule has 2 rings (SSSR count). The summed E-state index contributed by atoms with van der Waals surface area (Å²) < 4.78 is 10.6. The van der Waals surface area contributed by atoms with Crippen molar-refractivity contribution >= 4 is 17.2 Å². The Morgan fingerprint density at radius 2 is 1.96 bits per heavy atom. The summed E-state index contributed by atoms with van der Waals surface area (Å²) in [7, 11) is 3.24. The van der Waals surface area contributed by atoms with Crippen molar-refractivity contribution in [1.29, 1.82) is 0 Å². The summed E-state index contributed by atoms with van der Waals surface area (Å²) in [5, 5.41) is 4.10. The molecule has 6 heteroatoms. The van der Waals surface area contributed by atoms with Crippen LogP contribution in [0.3, 0.4) is 0 Å². The van der Waals surface area contributed by atoms with Crippen molar-refractivity contribution in [2.45, 2.75) is 19.9 Å². The predicted octanol–water partition coefficient (Wildman–Crippen LogP) is 2.93. The highest BCUT2D eigenvalue weighted by Gasteiger charge is 2.20. The molecule has 136 valence electrons. The first kappa shape index (κ1) is 19.3. The van der Waals surface area contributed by atoms with Gasteiger partial charge < -0.3 is 20.1 Å². The number of nitrogens with zero attached hydrogens (tertiary/aromatic N) is 1. The fraction of sp³-hybridized carbons (Fsp3) is 0.421. The molecule has 0 aliphatic heterocycles. The molecule has 25 heavy (non-hydrogen) atoms. The van der Waals surface area contributed by atoms with Crippen LogP contribution in [0.5, 0.6) is 11.5 Å². The first-order valence-corrected chi connectivity index (χ1v) is 9.24. The molecule has 0 fully saturated rings. The summed E-state index contributed by atoms with van der Waals surface area (Å²) in [5.41, 5.74) is 7.93. The van der Waals surface area contributed by atoms with Crippen LogP contribution >= 0.6 is 11.3 Å². The fourth-order valence-electron chi connectivity index (χ4n) is 2.58. The van der Waals surface area contributed by atoms with Crippen LogP contribution in [-0.4, -0.2) is 38.1 Å². The molecule has 2 aromatic rings. The summed E-state index contributed by atoms with van der Waals surface area (Å²) >= 11 is 1.64. The zero-order valence-corrected chi connectivity index (χ0v) is 15.8. The van der Waals surface area contributed by atoms with Crippen LogP contribution in [0, 0.1) is 5.92 Å². The molecule has 0 saturated carbocycles. The second-order valence-corrected chi connectivity index (χ2v) is 6.75. The van der Waals surface area contributed by atoms with E-state index in [1.807, 2.05) is 35.4 Å². The van der Waals surface area contributed by atoms with E-state index in [1.165, 1.54) is 0 Å². The Hall–Kier alpha value is -2.05. The van der Waals surface area contributed by atoms with E-state index in [-0.39, 0.29) is 11.8 Å². The van der Waals surface area contributed by atoms with Crippen LogP contribution in [0.15, 0.2) is 35.0 Å². The van der Waals surface area contributed by atoms with Gasteiger partial charge in [-0.25, -0.2) is 0 Å². The second kappa shape index (κ2) is 9.44. The SMILES string of the molecule is COc1ccc(CCN(Cc2ccsc2)C(=O)C(C)CN)cc1OC. The maximum absolute atomic E-state index is 12.6. The molecule has 1 aromatic heterocycles. The van der Waals surface area contributed by atoms with E-state index in [1.54, 1.807) is 25.6 Å². The largest absolute Gasteiger partial charge is 0.493 e. The summed E-state index contributed by atoms with van der Waals surface area (Å²) in [6.45, 7) is 3.48. The van der Waals surface area contributed by atoms with Crippen molar-refractivity contribution in [2.24, 2.45) is 11.7 Å². The highest BCUT2D eigenvalue weighted by molar-refractivity contribution is 7.07. The van der Waals surface area contributed by atoms with Gasteiger partial charge in [-0.3, -0.25) is 4.79 Å². The first-order chi connectivity index (χ1) is 12.1. The van der Waals surface area contributed by atoms with Crippen LogP contribution in [0.4, 0.5) is 0 Å². The van der Waals surface area contributed by atoms with Gasteiger partial charge in [0.25, 0.3) is 0 Å². The lowest BCUT2D eigenvalue weighted by Crippen LogP contribution is -2.38. The van der Waals surface area contributed by atoms with Crippen molar-refractivity contribution in [3.05, 3.63) is 46.2 Å². The molecule has 5 nitrogen and oxygen atoms in total. The quantitative estimate of drug-likeness (QED) is 0.745. The standard InChI is InChI=1S/C19H26N2O3S/c1-14(11-20)19(22)21(12-16-7-9-25-13-16)8-6-15-4-5-17(23-2)18(10-15)24-3/h4-5,7,9-10,13-14H,6,8,11-12,20H2,1-3H3. The van der Waals surface area contributed by atoms with Gasteiger partial charge >= 0.3 is 0 Å². The topological polar surface area (TPSA) is 64.8 Å². The average Bonchev–Trinajstić information content (AvgIpc) is 3.16. The smallest absolute Gasteiger partial charge is 0.226 e. The number of methoxy groups -OCH3 is 2. The average molecular weight is 362 g/mol. The minimum atomic E-state index is -0.177. The van der Waals surface area contributed by atoms with E-state index in [0.717, 1.165) is 17.5 Å². The fourth-order valence-corrected chi connectivity index (χ4v) is 3.24. The van der Waals surface area contributed by atoms with Gasteiger partial charge in [-0.2, -0.15) is 11.3 Å². The van der Waals surface area contributed by atoms with Crippen LogP contribution in [0.2, 0.25) is 0 Å². The van der Waals surface area contributed by atoms with Crippen LogP contribution in [0.25, 0.3) is 0 Å². The molecule has 1 heterocycles. The number of ether oxygens (including phenoxy) is 2. The highest BCUT2D eigenvalue weighted by Crippen LogP contribution is 2.27. The number of rotatable bonds is 9. The van der Waals surface area contributed by atoms with Crippen LogP contribution in [-0.2, 0) is 17.8 Å². The van der Waals surface area contributed by atoms with E-state index in [9.17, 15) is 4.79 Å². The molecule has 1 amide bonds. The maximum atomic E-state index is 12.6. The third-order valence-corrected chi connectivity index (χ3v) is 4.89. The predicted molar refractivity (Wildman–Crippen MR) is 101 cm³/mol. The molecule has 0 saturated heterocycles. The zero-order chi connectivity index (χ0) is 18.2. The lowest BCUT2D eigenvalue weighted by Gasteiger charge is -2.25. The number of carbonyl (C=O) groups is 1. The normalized spacial score (nSPS) is 11.8.